The van der Waals surface area contributed by atoms with Crippen molar-refractivity contribution in [3.05, 3.63) is 0 Å². The molecule has 5 saturated heterocycles. The fraction of sp³-hybridized carbons (Fsp3) is 0.978. The summed E-state index contributed by atoms with van der Waals surface area (Å²) < 4.78 is 57.2. The molecule has 0 amide bonds. The molecule has 0 bridgehead atoms. The summed E-state index contributed by atoms with van der Waals surface area (Å²) >= 11 is 0. The Bertz CT molecular complexity index is 1770. The first kappa shape index (κ1) is 58.6. The van der Waals surface area contributed by atoms with E-state index in [1.54, 1.807) is 0 Å². The van der Waals surface area contributed by atoms with Gasteiger partial charge in [-0.3, -0.25) is 4.79 Å². The van der Waals surface area contributed by atoms with E-state index in [-0.39, 0.29) is 44.9 Å². The van der Waals surface area contributed by atoms with Crippen molar-refractivity contribution in [2.24, 2.45) is 17.8 Å². The van der Waals surface area contributed by atoms with Gasteiger partial charge in [0, 0.05) is 18.8 Å². The van der Waals surface area contributed by atoms with Crippen LogP contribution in [-0.4, -0.2) is 295 Å². The Morgan fingerprint density at radius 1 is 0.486 bits per heavy atom. The summed E-state index contributed by atoms with van der Waals surface area (Å²) in [7, 11) is 0. The van der Waals surface area contributed by atoms with Crippen LogP contribution in [0.1, 0.15) is 64.7 Å². The molecule has 0 radical (unpaired) electrons. The number of aliphatic hydroxyl groups excluding tert-OH is 17. The van der Waals surface area contributed by atoms with Crippen LogP contribution < -0.4 is 0 Å². The molecule has 8 rings (SSSR count). The average Bonchev–Trinajstić information content (AvgIpc) is 3.38. The Hall–Kier alpha value is -1.57. The molecule has 8 aliphatic rings. The van der Waals surface area contributed by atoms with Gasteiger partial charge in [-0.25, -0.2) is 0 Å². The minimum Gasteiger partial charge on any atom is -0.463 e. The molecule has 0 spiro atoms. The maximum absolute atomic E-state index is 13.2. The third-order valence-electron chi connectivity index (χ3n) is 16.4. The minimum atomic E-state index is -1.86. The molecular formula is C46H77O28+. The monoisotopic (exact) mass is 1080 g/mol. The van der Waals surface area contributed by atoms with Crippen LogP contribution in [0, 0.1) is 17.8 Å². The van der Waals surface area contributed by atoms with Crippen molar-refractivity contribution in [3.8, 4) is 0 Å². The van der Waals surface area contributed by atoms with Gasteiger partial charge in [-0.15, -0.1) is 0 Å². The second-order valence-electron chi connectivity index (χ2n) is 21.4. The first-order chi connectivity index (χ1) is 35.1. The predicted octanol–water partition coefficient (Wildman–Crippen LogP) is -8.93. The average molecular weight is 1080 g/mol. The first-order valence-corrected chi connectivity index (χ1v) is 25.6. The van der Waals surface area contributed by atoms with Gasteiger partial charge in [-0.05, 0) is 51.9 Å². The number of hydrogen-bond acceptors (Lipinski definition) is 27. The van der Waals surface area contributed by atoms with Gasteiger partial charge in [0.1, 0.15) is 110 Å². The molecule has 28 heteroatoms. The Balaban J connectivity index is 0.873. The quantitative estimate of drug-likeness (QED) is 0.0567. The molecule has 74 heavy (non-hydrogen) atoms. The maximum atomic E-state index is 13.2. The normalized spacial score (nSPS) is 53.5. The van der Waals surface area contributed by atoms with E-state index >= 15 is 0 Å². The van der Waals surface area contributed by atoms with Crippen molar-refractivity contribution in [3.63, 3.8) is 0 Å². The standard InChI is InChI=1S/C46H76O28/c1-14-28(51)33(56)37(60)43(67-14)66-13-27-32(55)36(59)40(63)46(74-27)71-24-10-19-20(48)8-18(9-23(19)70-41(24)16-6-21(49)29(52)22(50)7-16)69-45-39(62)35(58)31(54)26(73-45)12-65-42(64)15-2-4-17(5-3-15)68-44-38(61)34(57)30(53)25(11-47)72-44/h14-41,43-63H,2-13H2,1H3/p+1. The lowest BCUT2D eigenvalue weighted by Gasteiger charge is -2.49. The highest BCUT2D eigenvalue weighted by atomic mass is 16.7. The van der Waals surface area contributed by atoms with Crippen molar-refractivity contribution < 1.29 is 139 Å². The van der Waals surface area contributed by atoms with Crippen LogP contribution >= 0.6 is 0 Å². The molecule has 428 valence electrons. The number of ether oxygens (including phenoxy) is 10. The van der Waals surface area contributed by atoms with E-state index in [1.165, 1.54) is 6.92 Å². The highest BCUT2D eigenvalue weighted by molar-refractivity contribution is 5.72. The molecule has 3 aliphatic carbocycles. The van der Waals surface area contributed by atoms with E-state index in [1.807, 2.05) is 0 Å². The summed E-state index contributed by atoms with van der Waals surface area (Å²) in [4.78, 5) is 13.2. The van der Waals surface area contributed by atoms with E-state index in [9.17, 15) is 91.6 Å². The number of fused-ring (bicyclic) bond motifs is 1. The smallest absolute Gasteiger partial charge is 0.309 e. The van der Waals surface area contributed by atoms with Crippen molar-refractivity contribution in [2.75, 3.05) is 19.8 Å². The van der Waals surface area contributed by atoms with Gasteiger partial charge < -0.3 is 134 Å². The van der Waals surface area contributed by atoms with Gasteiger partial charge in [0.2, 0.25) is 0 Å². The zero-order valence-electron chi connectivity index (χ0n) is 40.6. The summed E-state index contributed by atoms with van der Waals surface area (Å²) in [6, 6.07) is 0. The van der Waals surface area contributed by atoms with E-state index in [0.29, 0.717) is 12.8 Å². The van der Waals surface area contributed by atoms with Crippen LogP contribution in [0.4, 0.5) is 0 Å². The molecule has 28 atom stereocenters. The molecule has 0 aromatic carbocycles. The SMILES string of the molecule is CC1OC(OCC2OC(OC3CC4C(O)CC(OC5OC(COC(=O)C6CCC(OC7OC(CO)C(O)C(O)C7O)CC6)C(O)C(O)C5O)CC4[OH+]C3C3CC(O)C(O)C(O)C3)C(O)C(O)C2O)C(O)C(O)C1O. The van der Waals surface area contributed by atoms with Crippen molar-refractivity contribution >= 4 is 5.97 Å². The van der Waals surface area contributed by atoms with E-state index in [0.717, 1.165) is 0 Å². The lowest BCUT2D eigenvalue weighted by atomic mass is 9.72. The van der Waals surface area contributed by atoms with Crippen LogP contribution in [0.2, 0.25) is 0 Å². The fourth-order valence-corrected chi connectivity index (χ4v) is 11.8. The third kappa shape index (κ3) is 12.6. The third-order valence-corrected chi connectivity index (χ3v) is 16.4. The van der Waals surface area contributed by atoms with Crippen molar-refractivity contribution in [1.29, 1.82) is 0 Å². The van der Waals surface area contributed by atoms with Crippen LogP contribution in [0.25, 0.3) is 0 Å². The first-order valence-electron chi connectivity index (χ1n) is 25.6. The number of rotatable bonds is 14. The van der Waals surface area contributed by atoms with E-state index in [4.69, 9.17) is 47.4 Å². The molecule has 3 saturated carbocycles. The number of hydrogen-bond donors (Lipinski definition) is 17. The van der Waals surface area contributed by atoms with Gasteiger partial charge in [0.15, 0.2) is 37.4 Å². The van der Waals surface area contributed by atoms with E-state index < -0.39 is 221 Å². The number of aliphatic hydroxyl groups is 19. The Morgan fingerprint density at radius 2 is 0.986 bits per heavy atom. The molecule has 18 N–H and O–H groups in total. The van der Waals surface area contributed by atoms with Gasteiger partial charge in [0.05, 0.1) is 61.7 Å². The Morgan fingerprint density at radius 3 is 1.57 bits per heavy atom. The van der Waals surface area contributed by atoms with Crippen LogP contribution in [0.15, 0.2) is 0 Å². The molecule has 0 aromatic rings. The number of carbonyl (C=O) groups excluding carboxylic acids is 1. The zero-order chi connectivity index (χ0) is 53.6. The molecule has 8 fully saturated rings. The largest absolute Gasteiger partial charge is 0.463 e. The predicted molar refractivity (Wildman–Crippen MR) is 237 cm³/mol. The number of esters is 1. The summed E-state index contributed by atoms with van der Waals surface area (Å²) in [5.41, 5.74) is 0. The number of carbonyl (C=O) groups is 1. The van der Waals surface area contributed by atoms with Crippen molar-refractivity contribution in [1.82, 2.24) is 0 Å². The minimum absolute atomic E-state index is 0.0262. The maximum Gasteiger partial charge on any atom is 0.309 e. The summed E-state index contributed by atoms with van der Waals surface area (Å²) in [6.45, 7) is -0.305. The second kappa shape index (κ2) is 24.8. The molecule has 0 aromatic heterocycles. The molecular weight excluding hydrogens is 1000 g/mol. The van der Waals surface area contributed by atoms with Gasteiger partial charge in [0.25, 0.3) is 0 Å². The van der Waals surface area contributed by atoms with Gasteiger partial charge >= 0.3 is 5.97 Å². The summed E-state index contributed by atoms with van der Waals surface area (Å²) in [6.07, 6.45) is -39.7. The topological polar surface area (TPSA) is 457 Å². The summed E-state index contributed by atoms with van der Waals surface area (Å²) in [5.74, 6) is -2.59. The van der Waals surface area contributed by atoms with Crippen LogP contribution in [0.3, 0.4) is 0 Å². The highest BCUT2D eigenvalue weighted by Gasteiger charge is 2.57. The molecule has 5 heterocycles. The molecule has 28 unspecified atom stereocenters. The van der Waals surface area contributed by atoms with Crippen LogP contribution in [0.5, 0.6) is 0 Å². The van der Waals surface area contributed by atoms with Gasteiger partial charge in [-0.1, -0.05) is 0 Å². The zero-order valence-corrected chi connectivity index (χ0v) is 40.6. The Kier molecular flexibility index (Phi) is 19.7. The lowest BCUT2D eigenvalue weighted by molar-refractivity contribution is -0.367. The van der Waals surface area contributed by atoms with E-state index in [2.05, 4.69) is 0 Å². The Labute approximate surface area is 424 Å². The van der Waals surface area contributed by atoms with Gasteiger partial charge in [-0.2, -0.15) is 0 Å². The fourth-order valence-electron chi connectivity index (χ4n) is 11.8. The molecule has 5 aliphatic heterocycles. The molecule has 28 nitrogen and oxygen atoms in total. The van der Waals surface area contributed by atoms with Crippen molar-refractivity contribution in [2.45, 2.75) is 242 Å². The lowest BCUT2D eigenvalue weighted by Crippen LogP contribution is -2.64. The summed E-state index contributed by atoms with van der Waals surface area (Å²) in [5, 5.41) is 180. The second-order valence-corrected chi connectivity index (χ2v) is 21.4. The van der Waals surface area contributed by atoms with Crippen LogP contribution in [-0.2, 0) is 47.4 Å². The highest BCUT2D eigenvalue weighted by Crippen LogP contribution is 2.44.